The summed E-state index contributed by atoms with van der Waals surface area (Å²) in [5.41, 5.74) is 2.75. The zero-order valence-corrected chi connectivity index (χ0v) is 17.5. The topological polar surface area (TPSA) is 73.6 Å². The number of imidazole rings is 1. The molecule has 0 spiro atoms. The third kappa shape index (κ3) is 4.14. The number of carbonyl (C=O) groups is 1. The van der Waals surface area contributed by atoms with Gasteiger partial charge in [0.05, 0.1) is 12.2 Å². The average Bonchev–Trinajstić information content (AvgIpc) is 3.32. The van der Waals surface area contributed by atoms with Crippen LogP contribution in [0.2, 0.25) is 5.02 Å². The first-order valence-electron chi connectivity index (χ1n) is 10.00. The highest BCUT2D eigenvalue weighted by atomic mass is 35.5. The summed E-state index contributed by atoms with van der Waals surface area (Å²) in [7, 11) is 0. The van der Waals surface area contributed by atoms with Gasteiger partial charge in [-0.15, -0.1) is 0 Å². The molecule has 0 bridgehead atoms. The first-order chi connectivity index (χ1) is 14.6. The van der Waals surface area contributed by atoms with Crippen molar-refractivity contribution in [3.8, 4) is 11.5 Å². The van der Waals surface area contributed by atoms with Crippen LogP contribution < -0.4 is 9.47 Å². The summed E-state index contributed by atoms with van der Waals surface area (Å²) in [5, 5.41) is 10.5. The summed E-state index contributed by atoms with van der Waals surface area (Å²) >= 11 is 6.45. The molecule has 4 rings (SSSR count). The van der Waals surface area contributed by atoms with Crippen molar-refractivity contribution in [2.24, 2.45) is 0 Å². The van der Waals surface area contributed by atoms with E-state index in [1.54, 1.807) is 10.6 Å². The Hall–Kier alpha value is -2.99. The lowest BCUT2D eigenvalue weighted by Gasteiger charge is -2.12. The number of aryl methyl sites for hydroxylation is 3. The number of hydrogen-bond acceptors (Lipinski definition) is 4. The number of nitrogens with zero attached hydrogens (tertiary/aromatic N) is 2. The number of ether oxygens (including phenoxy) is 2. The molecule has 3 aromatic rings. The third-order valence-electron chi connectivity index (χ3n) is 5.16. The molecule has 0 aliphatic carbocycles. The number of aromatic nitrogens is 2. The Morgan fingerprint density at radius 2 is 1.87 bits per heavy atom. The van der Waals surface area contributed by atoms with E-state index in [0.29, 0.717) is 41.6 Å². The number of rotatable bonds is 8. The molecule has 1 aliphatic heterocycles. The molecule has 0 atom stereocenters. The van der Waals surface area contributed by atoms with Crippen LogP contribution in [-0.4, -0.2) is 27.4 Å². The van der Waals surface area contributed by atoms with Crippen molar-refractivity contribution in [2.45, 2.75) is 39.2 Å². The van der Waals surface area contributed by atoms with Crippen LogP contribution in [0.25, 0.3) is 0 Å². The molecule has 1 N–H and O–H groups in total. The number of carboxylic acid groups (broad SMARTS) is 1. The van der Waals surface area contributed by atoms with E-state index >= 15 is 0 Å². The van der Waals surface area contributed by atoms with Crippen LogP contribution in [0.5, 0.6) is 11.5 Å². The SMILES string of the molecule is CCCc1nc(CCc2ccccc2)c(C(=O)O)n1Cc1cc2c(cc1Cl)OCO2. The van der Waals surface area contributed by atoms with Gasteiger partial charge in [-0.05, 0) is 36.5 Å². The first kappa shape index (κ1) is 20.3. The fourth-order valence-corrected chi connectivity index (χ4v) is 3.92. The van der Waals surface area contributed by atoms with Gasteiger partial charge in [-0.25, -0.2) is 9.78 Å². The Kier molecular flexibility index (Phi) is 5.95. The number of aromatic carboxylic acids is 1. The lowest BCUT2D eigenvalue weighted by Crippen LogP contribution is -2.14. The van der Waals surface area contributed by atoms with Gasteiger partial charge in [0, 0.05) is 17.5 Å². The highest BCUT2D eigenvalue weighted by Crippen LogP contribution is 2.37. The number of halogens is 1. The minimum Gasteiger partial charge on any atom is -0.477 e. The van der Waals surface area contributed by atoms with E-state index in [1.807, 2.05) is 36.4 Å². The second kappa shape index (κ2) is 8.79. The Morgan fingerprint density at radius 1 is 1.13 bits per heavy atom. The lowest BCUT2D eigenvalue weighted by atomic mass is 10.1. The van der Waals surface area contributed by atoms with Crippen LogP contribution in [0.4, 0.5) is 0 Å². The molecule has 1 aliphatic rings. The van der Waals surface area contributed by atoms with Crippen molar-refractivity contribution in [1.82, 2.24) is 9.55 Å². The van der Waals surface area contributed by atoms with E-state index in [-0.39, 0.29) is 12.5 Å². The van der Waals surface area contributed by atoms with Gasteiger partial charge < -0.3 is 19.1 Å². The second-order valence-corrected chi connectivity index (χ2v) is 7.65. The number of hydrogen-bond donors (Lipinski definition) is 1. The normalized spacial score (nSPS) is 12.3. The highest BCUT2D eigenvalue weighted by Gasteiger charge is 2.24. The molecular formula is C23H23ClN2O4. The molecule has 2 heterocycles. The minimum absolute atomic E-state index is 0.158. The van der Waals surface area contributed by atoms with Gasteiger partial charge in [0.15, 0.2) is 17.2 Å². The Morgan fingerprint density at radius 3 is 2.57 bits per heavy atom. The fraction of sp³-hybridized carbons (Fsp3) is 0.304. The predicted octanol–water partition coefficient (Wildman–Crippen LogP) is 4.75. The molecule has 0 radical (unpaired) electrons. The Bertz CT molecular complexity index is 1060. The standard InChI is InChI=1S/C23H23ClN2O4/c1-2-6-21-25-18(10-9-15-7-4-3-5-8-15)22(23(27)28)26(21)13-16-11-19-20(12-17(16)24)30-14-29-19/h3-5,7-8,11-12H,2,6,9-10,13-14H2,1H3,(H,27,28). The second-order valence-electron chi connectivity index (χ2n) is 7.25. The summed E-state index contributed by atoms with van der Waals surface area (Å²) in [6, 6.07) is 13.5. The molecular weight excluding hydrogens is 404 g/mol. The van der Waals surface area contributed by atoms with Crippen molar-refractivity contribution in [3.05, 3.63) is 75.8 Å². The summed E-state index contributed by atoms with van der Waals surface area (Å²) in [6.45, 7) is 2.52. The van der Waals surface area contributed by atoms with E-state index < -0.39 is 5.97 Å². The molecule has 0 amide bonds. The van der Waals surface area contributed by atoms with Crippen LogP contribution >= 0.6 is 11.6 Å². The molecule has 6 nitrogen and oxygen atoms in total. The maximum absolute atomic E-state index is 12.2. The maximum Gasteiger partial charge on any atom is 0.354 e. The molecule has 2 aromatic carbocycles. The van der Waals surface area contributed by atoms with E-state index in [2.05, 4.69) is 6.92 Å². The van der Waals surface area contributed by atoms with Gasteiger partial charge in [0.1, 0.15) is 5.82 Å². The lowest BCUT2D eigenvalue weighted by molar-refractivity contribution is 0.0684. The quantitative estimate of drug-likeness (QED) is 0.562. The van der Waals surface area contributed by atoms with Gasteiger partial charge in [0.25, 0.3) is 0 Å². The predicted molar refractivity (Wildman–Crippen MR) is 114 cm³/mol. The fourth-order valence-electron chi connectivity index (χ4n) is 3.71. The third-order valence-corrected chi connectivity index (χ3v) is 5.51. The number of fused-ring (bicyclic) bond motifs is 1. The van der Waals surface area contributed by atoms with Crippen molar-refractivity contribution in [3.63, 3.8) is 0 Å². The van der Waals surface area contributed by atoms with Gasteiger partial charge in [-0.3, -0.25) is 0 Å². The first-order valence-corrected chi connectivity index (χ1v) is 10.4. The Labute approximate surface area is 180 Å². The van der Waals surface area contributed by atoms with Crippen LogP contribution in [0.1, 0.15) is 46.5 Å². The number of benzene rings is 2. The van der Waals surface area contributed by atoms with E-state index in [1.165, 1.54) is 0 Å². The smallest absolute Gasteiger partial charge is 0.354 e. The van der Waals surface area contributed by atoms with Crippen LogP contribution in [0.3, 0.4) is 0 Å². The molecule has 1 aromatic heterocycles. The highest BCUT2D eigenvalue weighted by molar-refractivity contribution is 6.31. The summed E-state index contributed by atoms with van der Waals surface area (Å²) < 4.78 is 12.6. The summed E-state index contributed by atoms with van der Waals surface area (Å²) in [5.74, 6) is 0.995. The van der Waals surface area contributed by atoms with Crippen molar-refractivity contribution < 1.29 is 19.4 Å². The van der Waals surface area contributed by atoms with E-state index in [4.69, 9.17) is 26.1 Å². The molecule has 30 heavy (non-hydrogen) atoms. The van der Waals surface area contributed by atoms with Crippen LogP contribution in [-0.2, 0) is 25.8 Å². The largest absolute Gasteiger partial charge is 0.477 e. The molecule has 0 saturated heterocycles. The van der Waals surface area contributed by atoms with E-state index in [9.17, 15) is 9.90 Å². The van der Waals surface area contributed by atoms with Gasteiger partial charge >= 0.3 is 5.97 Å². The van der Waals surface area contributed by atoms with Gasteiger partial charge in [-0.2, -0.15) is 0 Å². The van der Waals surface area contributed by atoms with E-state index in [0.717, 1.165) is 29.8 Å². The molecule has 0 unspecified atom stereocenters. The monoisotopic (exact) mass is 426 g/mol. The molecule has 0 saturated carbocycles. The van der Waals surface area contributed by atoms with Crippen LogP contribution in [0, 0.1) is 0 Å². The summed E-state index contributed by atoms with van der Waals surface area (Å²) in [4.78, 5) is 16.9. The molecule has 0 fully saturated rings. The number of carboxylic acids is 1. The van der Waals surface area contributed by atoms with Crippen molar-refractivity contribution in [2.75, 3.05) is 6.79 Å². The Balaban J connectivity index is 1.69. The van der Waals surface area contributed by atoms with Crippen molar-refractivity contribution in [1.29, 1.82) is 0 Å². The average molecular weight is 427 g/mol. The zero-order valence-electron chi connectivity index (χ0n) is 16.7. The van der Waals surface area contributed by atoms with Gasteiger partial charge in [-0.1, -0.05) is 48.9 Å². The molecule has 156 valence electrons. The maximum atomic E-state index is 12.2. The minimum atomic E-state index is -0.982. The summed E-state index contributed by atoms with van der Waals surface area (Å²) in [6.07, 6.45) is 2.84. The molecule has 7 heteroatoms. The van der Waals surface area contributed by atoms with Crippen LogP contribution in [0.15, 0.2) is 42.5 Å². The van der Waals surface area contributed by atoms with Crippen molar-refractivity contribution >= 4 is 17.6 Å². The van der Waals surface area contributed by atoms with Gasteiger partial charge in [0.2, 0.25) is 6.79 Å². The zero-order chi connectivity index (χ0) is 21.1.